The number of fused-ring (bicyclic) bond motifs is 1. The van der Waals surface area contributed by atoms with Crippen molar-refractivity contribution in [1.82, 2.24) is 10.3 Å². The third kappa shape index (κ3) is 2.57. The summed E-state index contributed by atoms with van der Waals surface area (Å²) in [6.07, 6.45) is -0.624. The number of carbonyl (C=O) groups is 1. The summed E-state index contributed by atoms with van der Waals surface area (Å²) in [6.45, 7) is 1.72. The van der Waals surface area contributed by atoms with Crippen molar-refractivity contribution in [2.75, 3.05) is 6.54 Å². The van der Waals surface area contributed by atoms with Crippen molar-refractivity contribution < 1.29 is 9.90 Å². The first-order valence-electron chi connectivity index (χ1n) is 5.66. The maximum atomic E-state index is 11.8. The van der Waals surface area contributed by atoms with E-state index in [1.54, 1.807) is 37.3 Å². The van der Waals surface area contributed by atoms with Crippen molar-refractivity contribution in [2.24, 2.45) is 0 Å². The number of aliphatic hydroxyl groups is 1. The Morgan fingerprint density at radius 3 is 2.89 bits per heavy atom. The van der Waals surface area contributed by atoms with Gasteiger partial charge in [-0.05, 0) is 24.4 Å². The molecule has 2 aromatic rings. The van der Waals surface area contributed by atoms with Crippen LogP contribution < -0.4 is 10.9 Å². The van der Waals surface area contributed by atoms with Gasteiger partial charge in [0, 0.05) is 11.9 Å². The minimum absolute atomic E-state index is 0.147. The Labute approximate surface area is 103 Å². The van der Waals surface area contributed by atoms with Gasteiger partial charge in [-0.2, -0.15) is 0 Å². The molecule has 0 radical (unpaired) electrons. The summed E-state index contributed by atoms with van der Waals surface area (Å²) in [7, 11) is 0. The minimum atomic E-state index is -0.624. The quantitative estimate of drug-likeness (QED) is 0.743. The second-order valence-electron chi connectivity index (χ2n) is 4.16. The van der Waals surface area contributed by atoms with Gasteiger partial charge in [0.15, 0.2) is 0 Å². The lowest BCUT2D eigenvalue weighted by Crippen LogP contribution is -2.32. The van der Waals surface area contributed by atoms with Crippen molar-refractivity contribution in [3.8, 4) is 0 Å². The van der Waals surface area contributed by atoms with E-state index < -0.39 is 12.0 Å². The zero-order valence-electron chi connectivity index (χ0n) is 9.93. The molecule has 18 heavy (non-hydrogen) atoms. The molecular weight excluding hydrogens is 232 g/mol. The van der Waals surface area contributed by atoms with Crippen LogP contribution in [0.25, 0.3) is 10.8 Å². The Balaban J connectivity index is 2.35. The molecule has 1 amide bonds. The molecule has 0 aliphatic rings. The van der Waals surface area contributed by atoms with E-state index in [1.807, 2.05) is 0 Å². The largest absolute Gasteiger partial charge is 0.392 e. The topological polar surface area (TPSA) is 82.2 Å². The highest BCUT2D eigenvalue weighted by Gasteiger charge is 2.09. The Bertz CT molecular complexity index is 631. The van der Waals surface area contributed by atoms with Gasteiger partial charge in [0.05, 0.1) is 6.10 Å². The molecular formula is C13H14N2O3. The number of hydrogen-bond acceptors (Lipinski definition) is 3. The summed E-state index contributed by atoms with van der Waals surface area (Å²) < 4.78 is 0. The Morgan fingerprint density at radius 1 is 1.44 bits per heavy atom. The van der Waals surface area contributed by atoms with Gasteiger partial charge in [-0.15, -0.1) is 0 Å². The summed E-state index contributed by atoms with van der Waals surface area (Å²) in [5.74, 6) is -0.404. The van der Waals surface area contributed by atoms with Crippen molar-refractivity contribution >= 4 is 16.7 Å². The zero-order valence-corrected chi connectivity index (χ0v) is 9.93. The molecule has 5 heteroatoms. The fourth-order valence-electron chi connectivity index (χ4n) is 1.67. The van der Waals surface area contributed by atoms with Gasteiger partial charge in [0.2, 0.25) is 0 Å². The van der Waals surface area contributed by atoms with Crippen LogP contribution >= 0.6 is 0 Å². The van der Waals surface area contributed by atoms with Gasteiger partial charge in [-0.1, -0.05) is 18.2 Å². The van der Waals surface area contributed by atoms with Crippen LogP contribution in [-0.2, 0) is 0 Å². The van der Waals surface area contributed by atoms with Crippen molar-refractivity contribution in [3.63, 3.8) is 0 Å². The average Bonchev–Trinajstić information content (AvgIpc) is 2.36. The summed E-state index contributed by atoms with van der Waals surface area (Å²) in [5, 5.41) is 12.9. The predicted octanol–water partition coefficient (Wildman–Crippen LogP) is 0.639. The van der Waals surface area contributed by atoms with E-state index >= 15 is 0 Å². The molecule has 2 rings (SSSR count). The fraction of sp³-hybridized carbons (Fsp3) is 0.231. The number of pyridine rings is 1. The molecule has 0 unspecified atom stereocenters. The molecule has 1 aromatic carbocycles. The first kappa shape index (κ1) is 12.3. The van der Waals surface area contributed by atoms with Crippen LogP contribution in [-0.4, -0.2) is 28.6 Å². The molecule has 3 N–H and O–H groups in total. The second-order valence-corrected chi connectivity index (χ2v) is 4.16. The van der Waals surface area contributed by atoms with Gasteiger partial charge in [0.25, 0.3) is 11.5 Å². The van der Waals surface area contributed by atoms with Crippen molar-refractivity contribution in [2.45, 2.75) is 13.0 Å². The van der Waals surface area contributed by atoms with E-state index in [-0.39, 0.29) is 17.8 Å². The van der Waals surface area contributed by atoms with Crippen LogP contribution in [0.5, 0.6) is 0 Å². The van der Waals surface area contributed by atoms with Crippen LogP contribution in [0.4, 0.5) is 0 Å². The van der Waals surface area contributed by atoms with E-state index in [0.29, 0.717) is 10.8 Å². The second kappa shape index (κ2) is 5.01. The molecule has 0 bridgehead atoms. The van der Waals surface area contributed by atoms with Crippen LogP contribution in [0.2, 0.25) is 0 Å². The lowest BCUT2D eigenvalue weighted by atomic mass is 10.1. The number of benzene rings is 1. The first-order valence-corrected chi connectivity index (χ1v) is 5.66. The van der Waals surface area contributed by atoms with Gasteiger partial charge >= 0.3 is 0 Å². The zero-order chi connectivity index (χ0) is 13.1. The molecule has 0 saturated carbocycles. The molecule has 0 fully saturated rings. The highest BCUT2D eigenvalue weighted by Crippen LogP contribution is 2.09. The lowest BCUT2D eigenvalue weighted by Gasteiger charge is -2.07. The average molecular weight is 246 g/mol. The summed E-state index contributed by atoms with van der Waals surface area (Å²) in [4.78, 5) is 26.0. The Morgan fingerprint density at radius 2 is 2.17 bits per heavy atom. The van der Waals surface area contributed by atoms with E-state index in [4.69, 9.17) is 5.11 Å². The SMILES string of the molecule is C[C@@H](O)CNC(=O)c1cc2ccccc2c(=O)[nH]1. The summed E-state index contributed by atoms with van der Waals surface area (Å²) >= 11 is 0. The standard InChI is InChI=1S/C13H14N2O3/c1-8(16)7-14-13(18)11-6-9-4-2-3-5-10(9)12(17)15-11/h2-6,8,16H,7H2,1H3,(H,14,18)(H,15,17)/t8-/m1/s1. The van der Waals surface area contributed by atoms with Crippen LogP contribution in [0, 0.1) is 0 Å². The number of rotatable bonds is 3. The summed E-state index contributed by atoms with van der Waals surface area (Å²) in [6, 6.07) is 8.67. The van der Waals surface area contributed by atoms with Gasteiger partial charge < -0.3 is 15.4 Å². The van der Waals surface area contributed by atoms with Gasteiger partial charge in [-0.25, -0.2) is 0 Å². The highest BCUT2D eigenvalue weighted by atomic mass is 16.3. The van der Waals surface area contributed by atoms with E-state index in [0.717, 1.165) is 0 Å². The number of aromatic nitrogens is 1. The molecule has 0 saturated heterocycles. The normalized spacial score (nSPS) is 12.3. The molecule has 1 atom stereocenters. The van der Waals surface area contributed by atoms with E-state index in [1.165, 1.54) is 0 Å². The predicted molar refractivity (Wildman–Crippen MR) is 68.6 cm³/mol. The van der Waals surface area contributed by atoms with Gasteiger partial charge in [-0.3, -0.25) is 9.59 Å². The first-order chi connectivity index (χ1) is 8.58. The van der Waals surface area contributed by atoms with Crippen LogP contribution in [0.15, 0.2) is 35.1 Å². The number of aromatic amines is 1. The molecule has 1 heterocycles. The summed E-state index contributed by atoms with van der Waals surface area (Å²) in [5.41, 5.74) is -0.102. The van der Waals surface area contributed by atoms with Crippen molar-refractivity contribution in [3.05, 3.63) is 46.4 Å². The molecule has 5 nitrogen and oxygen atoms in total. The van der Waals surface area contributed by atoms with Crippen LogP contribution in [0.3, 0.4) is 0 Å². The maximum absolute atomic E-state index is 11.8. The van der Waals surface area contributed by atoms with Crippen LogP contribution in [0.1, 0.15) is 17.4 Å². The Hall–Kier alpha value is -2.14. The van der Waals surface area contributed by atoms with E-state index in [9.17, 15) is 9.59 Å². The number of H-pyrrole nitrogens is 1. The lowest BCUT2D eigenvalue weighted by molar-refractivity contribution is 0.0919. The fourth-order valence-corrected chi connectivity index (χ4v) is 1.67. The number of hydrogen-bond donors (Lipinski definition) is 3. The smallest absolute Gasteiger partial charge is 0.267 e. The molecule has 0 aliphatic carbocycles. The molecule has 0 spiro atoms. The third-order valence-electron chi connectivity index (χ3n) is 2.56. The Kier molecular flexibility index (Phi) is 3.43. The third-order valence-corrected chi connectivity index (χ3v) is 2.56. The number of carbonyl (C=O) groups excluding carboxylic acids is 1. The number of aliphatic hydroxyl groups excluding tert-OH is 1. The molecule has 1 aromatic heterocycles. The minimum Gasteiger partial charge on any atom is -0.392 e. The number of nitrogens with one attached hydrogen (secondary N) is 2. The maximum Gasteiger partial charge on any atom is 0.267 e. The molecule has 0 aliphatic heterocycles. The van der Waals surface area contributed by atoms with E-state index in [2.05, 4.69) is 10.3 Å². The van der Waals surface area contributed by atoms with Gasteiger partial charge in [0.1, 0.15) is 5.69 Å². The van der Waals surface area contributed by atoms with Crippen molar-refractivity contribution in [1.29, 1.82) is 0 Å². The molecule has 94 valence electrons. The highest BCUT2D eigenvalue weighted by molar-refractivity contribution is 5.96. The number of amides is 1. The monoisotopic (exact) mass is 246 g/mol.